The minimum atomic E-state index is 0. The van der Waals surface area contributed by atoms with Gasteiger partial charge in [0.1, 0.15) is 0 Å². The molecule has 0 spiro atoms. The predicted molar refractivity (Wildman–Crippen MR) is 91.1 cm³/mol. The number of benzene rings is 1. The van der Waals surface area contributed by atoms with E-state index in [1.807, 2.05) is 14.1 Å². The Morgan fingerprint density at radius 1 is 1.16 bits per heavy atom. The molecular weight excluding hydrogens is 351 g/mol. The molecule has 106 valence electrons. The molecule has 1 heterocycles. The Kier molecular flexibility index (Phi) is 7.15. The summed E-state index contributed by atoms with van der Waals surface area (Å²) in [6, 6.07) is 10.7. The fourth-order valence-corrected chi connectivity index (χ4v) is 2.37. The average molecular weight is 374 g/mol. The van der Waals surface area contributed by atoms with E-state index in [1.54, 1.807) is 0 Å². The van der Waals surface area contributed by atoms with E-state index >= 15 is 0 Å². The number of aliphatic imine (C=N–C) groups is 1. The molecule has 0 atom stereocenters. The first-order valence-corrected chi connectivity index (χ1v) is 6.49. The van der Waals surface area contributed by atoms with Crippen LogP contribution in [0.25, 0.3) is 0 Å². The normalized spacial score (nSPS) is 16.9. The Labute approximate surface area is 132 Å². The summed E-state index contributed by atoms with van der Waals surface area (Å²) in [6.45, 7) is 5.32. The third kappa shape index (κ3) is 4.65. The molecule has 1 aromatic carbocycles. The molecular formula is C14H23IN4. The highest BCUT2D eigenvalue weighted by molar-refractivity contribution is 14.0. The number of rotatable bonds is 2. The number of nitrogens with zero attached hydrogens (tertiary/aromatic N) is 3. The van der Waals surface area contributed by atoms with Crippen LogP contribution in [0.4, 0.5) is 0 Å². The maximum absolute atomic E-state index is 4.25. The van der Waals surface area contributed by atoms with Crippen LogP contribution >= 0.6 is 24.0 Å². The predicted octanol–water partition coefficient (Wildman–Crippen LogP) is 1.63. The molecule has 0 aliphatic carbocycles. The summed E-state index contributed by atoms with van der Waals surface area (Å²) in [5.74, 6) is 0.995. The number of halogens is 1. The van der Waals surface area contributed by atoms with Gasteiger partial charge in [-0.05, 0) is 5.56 Å². The first-order valence-electron chi connectivity index (χ1n) is 6.49. The highest BCUT2D eigenvalue weighted by atomic mass is 127. The molecule has 0 amide bonds. The van der Waals surface area contributed by atoms with Crippen molar-refractivity contribution < 1.29 is 0 Å². The Bertz CT molecular complexity index is 386. The van der Waals surface area contributed by atoms with Crippen LogP contribution in [0.5, 0.6) is 0 Å². The highest BCUT2D eigenvalue weighted by Gasteiger charge is 2.18. The SMILES string of the molecule is CN=C(NC)N1CCN(Cc2ccccc2)CC1.I. The van der Waals surface area contributed by atoms with E-state index in [2.05, 4.69) is 50.4 Å². The maximum Gasteiger partial charge on any atom is 0.193 e. The fourth-order valence-electron chi connectivity index (χ4n) is 2.37. The zero-order valence-electron chi connectivity index (χ0n) is 11.7. The third-order valence-corrected chi connectivity index (χ3v) is 3.36. The highest BCUT2D eigenvalue weighted by Crippen LogP contribution is 2.08. The Hall–Kier alpha value is -0.820. The molecule has 1 fully saturated rings. The zero-order chi connectivity index (χ0) is 12.8. The Morgan fingerprint density at radius 2 is 1.79 bits per heavy atom. The van der Waals surface area contributed by atoms with Crippen LogP contribution in [0.1, 0.15) is 5.56 Å². The smallest absolute Gasteiger partial charge is 0.193 e. The van der Waals surface area contributed by atoms with E-state index in [-0.39, 0.29) is 24.0 Å². The van der Waals surface area contributed by atoms with Crippen molar-refractivity contribution in [2.45, 2.75) is 6.54 Å². The molecule has 1 saturated heterocycles. The van der Waals surface area contributed by atoms with Crippen LogP contribution in [-0.4, -0.2) is 56.0 Å². The van der Waals surface area contributed by atoms with Crippen molar-refractivity contribution in [2.24, 2.45) is 4.99 Å². The number of piperazine rings is 1. The van der Waals surface area contributed by atoms with Gasteiger partial charge in [0.2, 0.25) is 0 Å². The van der Waals surface area contributed by atoms with Crippen molar-refractivity contribution in [1.82, 2.24) is 15.1 Å². The van der Waals surface area contributed by atoms with E-state index < -0.39 is 0 Å². The summed E-state index contributed by atoms with van der Waals surface area (Å²) in [5.41, 5.74) is 1.39. The molecule has 5 heteroatoms. The van der Waals surface area contributed by atoms with Gasteiger partial charge >= 0.3 is 0 Å². The fraction of sp³-hybridized carbons (Fsp3) is 0.500. The summed E-state index contributed by atoms with van der Waals surface area (Å²) in [5, 5.41) is 3.14. The van der Waals surface area contributed by atoms with Gasteiger partial charge in [-0.3, -0.25) is 9.89 Å². The number of nitrogens with one attached hydrogen (secondary N) is 1. The van der Waals surface area contributed by atoms with Crippen molar-refractivity contribution in [3.05, 3.63) is 35.9 Å². The van der Waals surface area contributed by atoms with Gasteiger partial charge in [-0.1, -0.05) is 30.3 Å². The quantitative estimate of drug-likeness (QED) is 0.485. The lowest BCUT2D eigenvalue weighted by atomic mass is 10.2. The second-order valence-corrected chi connectivity index (χ2v) is 4.55. The molecule has 1 aliphatic heterocycles. The van der Waals surface area contributed by atoms with Gasteiger partial charge in [0.25, 0.3) is 0 Å². The Morgan fingerprint density at radius 3 is 2.32 bits per heavy atom. The van der Waals surface area contributed by atoms with Gasteiger partial charge < -0.3 is 10.2 Å². The minimum Gasteiger partial charge on any atom is -0.359 e. The van der Waals surface area contributed by atoms with Crippen molar-refractivity contribution in [3.8, 4) is 0 Å². The summed E-state index contributed by atoms with van der Waals surface area (Å²) in [4.78, 5) is 9.05. The van der Waals surface area contributed by atoms with Crippen LogP contribution in [0, 0.1) is 0 Å². The Balaban J connectivity index is 0.00000180. The molecule has 0 unspecified atom stereocenters. The molecule has 1 N–H and O–H groups in total. The molecule has 0 saturated carbocycles. The van der Waals surface area contributed by atoms with Crippen LogP contribution in [0.2, 0.25) is 0 Å². The summed E-state index contributed by atoms with van der Waals surface area (Å²) in [7, 11) is 3.76. The second-order valence-electron chi connectivity index (χ2n) is 4.55. The third-order valence-electron chi connectivity index (χ3n) is 3.36. The molecule has 1 aromatic rings. The number of guanidine groups is 1. The molecule has 1 aliphatic rings. The molecule has 0 bridgehead atoms. The second kappa shape index (κ2) is 8.37. The van der Waals surface area contributed by atoms with Gasteiger partial charge in [0.15, 0.2) is 5.96 Å². The summed E-state index contributed by atoms with van der Waals surface area (Å²) < 4.78 is 0. The zero-order valence-corrected chi connectivity index (χ0v) is 14.0. The molecule has 0 aromatic heterocycles. The lowest BCUT2D eigenvalue weighted by Gasteiger charge is -2.36. The van der Waals surface area contributed by atoms with Gasteiger partial charge in [0.05, 0.1) is 0 Å². The maximum atomic E-state index is 4.25. The first-order chi connectivity index (χ1) is 8.83. The monoisotopic (exact) mass is 374 g/mol. The van der Waals surface area contributed by atoms with Crippen molar-refractivity contribution in [3.63, 3.8) is 0 Å². The lowest BCUT2D eigenvalue weighted by Crippen LogP contribution is -2.51. The van der Waals surface area contributed by atoms with Crippen LogP contribution in [0.3, 0.4) is 0 Å². The van der Waals surface area contributed by atoms with Crippen LogP contribution < -0.4 is 5.32 Å². The van der Waals surface area contributed by atoms with Crippen molar-refractivity contribution >= 4 is 29.9 Å². The van der Waals surface area contributed by atoms with Crippen molar-refractivity contribution in [2.75, 3.05) is 40.3 Å². The van der Waals surface area contributed by atoms with E-state index in [0.717, 1.165) is 38.7 Å². The van der Waals surface area contributed by atoms with Gasteiger partial charge in [-0.15, -0.1) is 24.0 Å². The van der Waals surface area contributed by atoms with E-state index in [9.17, 15) is 0 Å². The standard InChI is InChI=1S/C14H22N4.HI/c1-15-14(16-2)18-10-8-17(9-11-18)12-13-6-4-3-5-7-13;/h3-7H,8-12H2,1-2H3,(H,15,16);1H. The van der Waals surface area contributed by atoms with E-state index in [0.29, 0.717) is 0 Å². The van der Waals surface area contributed by atoms with Gasteiger partial charge in [0, 0.05) is 46.8 Å². The summed E-state index contributed by atoms with van der Waals surface area (Å²) >= 11 is 0. The topological polar surface area (TPSA) is 30.9 Å². The largest absolute Gasteiger partial charge is 0.359 e. The molecule has 19 heavy (non-hydrogen) atoms. The number of hydrogen-bond acceptors (Lipinski definition) is 2. The minimum absolute atomic E-state index is 0. The van der Waals surface area contributed by atoms with E-state index in [4.69, 9.17) is 0 Å². The summed E-state index contributed by atoms with van der Waals surface area (Å²) in [6.07, 6.45) is 0. The van der Waals surface area contributed by atoms with Gasteiger partial charge in [-0.25, -0.2) is 0 Å². The molecule has 2 rings (SSSR count). The molecule has 4 nitrogen and oxygen atoms in total. The lowest BCUT2D eigenvalue weighted by molar-refractivity contribution is 0.173. The average Bonchev–Trinajstić information content (AvgIpc) is 2.43. The van der Waals surface area contributed by atoms with Crippen LogP contribution in [-0.2, 0) is 6.54 Å². The van der Waals surface area contributed by atoms with Crippen molar-refractivity contribution in [1.29, 1.82) is 0 Å². The number of hydrogen-bond donors (Lipinski definition) is 1. The van der Waals surface area contributed by atoms with Gasteiger partial charge in [-0.2, -0.15) is 0 Å². The first kappa shape index (κ1) is 16.2. The van der Waals surface area contributed by atoms with Crippen LogP contribution in [0.15, 0.2) is 35.3 Å². The van der Waals surface area contributed by atoms with E-state index in [1.165, 1.54) is 5.56 Å². The molecule has 0 radical (unpaired) electrons.